The fourth-order valence-electron chi connectivity index (χ4n) is 4.17. The molecule has 0 bridgehead atoms. The molecule has 11 heteroatoms. The molecule has 10 nitrogen and oxygen atoms in total. The van der Waals surface area contributed by atoms with E-state index in [1.807, 2.05) is 0 Å². The predicted octanol–water partition coefficient (Wildman–Crippen LogP) is 2.71. The molecule has 4 rings (SSSR count). The van der Waals surface area contributed by atoms with Gasteiger partial charge in [0, 0.05) is 50.5 Å². The number of fused-ring (bicyclic) bond motifs is 1. The maximum atomic E-state index is 11.8. The van der Waals surface area contributed by atoms with Gasteiger partial charge in [0.2, 0.25) is 10.0 Å². The number of non-ortho nitro benzene ring substituents is 1. The Kier molecular flexibility index (Phi) is 6.63. The van der Waals surface area contributed by atoms with Gasteiger partial charge in [0.05, 0.1) is 27.4 Å². The van der Waals surface area contributed by atoms with Crippen LogP contribution in [0.2, 0.25) is 0 Å². The van der Waals surface area contributed by atoms with E-state index in [1.165, 1.54) is 18.2 Å². The molecule has 1 saturated heterocycles. The molecule has 2 aromatic carbocycles. The Morgan fingerprint density at radius 3 is 2.39 bits per heavy atom. The summed E-state index contributed by atoms with van der Waals surface area (Å²) < 4.78 is 25.7. The molecule has 1 aliphatic rings. The summed E-state index contributed by atoms with van der Waals surface area (Å²) in [7, 11) is -3.78. The molecule has 2 heterocycles. The summed E-state index contributed by atoms with van der Waals surface area (Å²) in [5.74, 6) is 0.911. The van der Waals surface area contributed by atoms with E-state index in [-0.39, 0.29) is 10.6 Å². The van der Waals surface area contributed by atoms with E-state index in [0.29, 0.717) is 12.1 Å². The van der Waals surface area contributed by atoms with Gasteiger partial charge < -0.3 is 9.47 Å². The van der Waals surface area contributed by atoms with E-state index in [0.717, 1.165) is 62.6 Å². The lowest BCUT2D eigenvalue weighted by Crippen LogP contribution is -2.46. The van der Waals surface area contributed by atoms with E-state index >= 15 is 0 Å². The minimum Gasteiger partial charge on any atom is -0.369 e. The third kappa shape index (κ3) is 5.15. The van der Waals surface area contributed by atoms with Crippen molar-refractivity contribution < 1.29 is 13.3 Å². The van der Waals surface area contributed by atoms with Gasteiger partial charge in [-0.2, -0.15) is 0 Å². The lowest BCUT2D eigenvalue weighted by Gasteiger charge is -2.36. The number of nitrogens with two attached hydrogens (primary N) is 1. The van der Waals surface area contributed by atoms with Crippen LogP contribution in [0.4, 0.5) is 11.4 Å². The van der Waals surface area contributed by atoms with Gasteiger partial charge >= 0.3 is 0 Å². The average Bonchev–Trinajstić information content (AvgIpc) is 3.13. The molecule has 1 aromatic heterocycles. The van der Waals surface area contributed by atoms with Crippen molar-refractivity contribution in [3.63, 3.8) is 0 Å². The van der Waals surface area contributed by atoms with Crippen LogP contribution in [0.15, 0.2) is 47.4 Å². The molecule has 0 radical (unpaired) electrons. The minimum atomic E-state index is -3.78. The van der Waals surface area contributed by atoms with Crippen LogP contribution in [0, 0.1) is 10.1 Å². The van der Waals surface area contributed by atoms with E-state index in [4.69, 9.17) is 10.1 Å². The number of hydrogen-bond donors (Lipinski definition) is 1. The van der Waals surface area contributed by atoms with Crippen molar-refractivity contribution in [3.8, 4) is 0 Å². The topological polar surface area (TPSA) is 128 Å². The largest absolute Gasteiger partial charge is 0.369 e. The van der Waals surface area contributed by atoms with Gasteiger partial charge in [-0.1, -0.05) is 13.3 Å². The molecule has 3 aromatic rings. The molecule has 33 heavy (non-hydrogen) atoms. The summed E-state index contributed by atoms with van der Waals surface area (Å²) in [4.78, 5) is 19.9. The van der Waals surface area contributed by atoms with Crippen LogP contribution in [0.1, 0.15) is 25.6 Å². The highest BCUT2D eigenvalue weighted by Gasteiger charge is 2.21. The van der Waals surface area contributed by atoms with Crippen molar-refractivity contribution in [2.45, 2.75) is 37.8 Å². The number of nitrogens with zero attached hydrogens (tertiary/aromatic N) is 5. The second-order valence-electron chi connectivity index (χ2n) is 8.27. The zero-order valence-electron chi connectivity index (χ0n) is 18.6. The molecule has 1 fully saturated rings. The van der Waals surface area contributed by atoms with Crippen molar-refractivity contribution in [2.75, 3.05) is 31.1 Å². The number of rotatable bonds is 8. The van der Waals surface area contributed by atoms with Crippen molar-refractivity contribution in [1.29, 1.82) is 0 Å². The summed E-state index contributed by atoms with van der Waals surface area (Å²) in [6.07, 6.45) is 2.05. The van der Waals surface area contributed by atoms with Crippen LogP contribution < -0.4 is 10.0 Å². The van der Waals surface area contributed by atoms with Crippen LogP contribution in [-0.2, 0) is 23.1 Å². The molecular weight excluding hydrogens is 444 g/mol. The first-order valence-corrected chi connectivity index (χ1v) is 12.5. The summed E-state index contributed by atoms with van der Waals surface area (Å²) in [6, 6.07) is 11.5. The lowest BCUT2D eigenvalue weighted by atomic mass is 10.2. The number of aryl methyl sites for hydroxylation is 1. The fourth-order valence-corrected chi connectivity index (χ4v) is 4.71. The third-order valence-electron chi connectivity index (χ3n) is 6.03. The van der Waals surface area contributed by atoms with E-state index in [1.54, 1.807) is 24.3 Å². The number of piperazine rings is 1. The van der Waals surface area contributed by atoms with Gasteiger partial charge in [0.25, 0.3) is 5.69 Å². The predicted molar refractivity (Wildman–Crippen MR) is 127 cm³/mol. The Bertz CT molecular complexity index is 1250. The summed E-state index contributed by atoms with van der Waals surface area (Å²) in [5.41, 5.74) is 2.62. The number of primary sulfonamides is 1. The number of imidazole rings is 1. The van der Waals surface area contributed by atoms with Crippen molar-refractivity contribution in [3.05, 3.63) is 58.4 Å². The van der Waals surface area contributed by atoms with Gasteiger partial charge in [-0.15, -0.1) is 0 Å². The van der Waals surface area contributed by atoms with Crippen molar-refractivity contribution >= 4 is 32.4 Å². The van der Waals surface area contributed by atoms with E-state index in [9.17, 15) is 18.5 Å². The van der Waals surface area contributed by atoms with Gasteiger partial charge in [-0.3, -0.25) is 15.0 Å². The number of aromatic nitrogens is 2. The highest BCUT2D eigenvalue weighted by atomic mass is 32.2. The highest BCUT2D eigenvalue weighted by Crippen LogP contribution is 2.24. The Hall–Kier alpha value is -3.02. The Balaban J connectivity index is 1.49. The van der Waals surface area contributed by atoms with Crippen LogP contribution in [0.25, 0.3) is 11.0 Å². The molecule has 0 aliphatic carbocycles. The van der Waals surface area contributed by atoms with Crippen LogP contribution in [-0.4, -0.2) is 54.0 Å². The number of sulfonamides is 1. The summed E-state index contributed by atoms with van der Waals surface area (Å²) >= 11 is 0. The zero-order valence-corrected chi connectivity index (χ0v) is 19.4. The first kappa shape index (κ1) is 23.1. The fraction of sp³-hybridized carbons (Fsp3) is 0.409. The van der Waals surface area contributed by atoms with Crippen LogP contribution in [0.3, 0.4) is 0 Å². The molecule has 0 unspecified atom stereocenters. The van der Waals surface area contributed by atoms with Crippen LogP contribution in [0.5, 0.6) is 0 Å². The summed E-state index contributed by atoms with van der Waals surface area (Å²) in [5, 5.41) is 16.2. The second-order valence-corrected chi connectivity index (χ2v) is 9.83. The normalized spacial score (nSPS) is 15.3. The number of nitro groups is 1. The smallest absolute Gasteiger partial charge is 0.269 e. The molecule has 176 valence electrons. The van der Waals surface area contributed by atoms with Gasteiger partial charge in [0.15, 0.2) is 0 Å². The highest BCUT2D eigenvalue weighted by molar-refractivity contribution is 7.89. The number of unbranched alkanes of at least 4 members (excludes halogenated alkanes) is 1. The van der Waals surface area contributed by atoms with E-state index < -0.39 is 14.9 Å². The lowest BCUT2D eigenvalue weighted by molar-refractivity contribution is -0.384. The third-order valence-corrected chi connectivity index (χ3v) is 6.94. The number of nitro benzene ring substituents is 1. The van der Waals surface area contributed by atoms with Gasteiger partial charge in [-0.05, 0) is 36.8 Å². The molecule has 0 atom stereocenters. The Morgan fingerprint density at radius 2 is 1.79 bits per heavy atom. The standard InChI is InChI=1S/C22H28N6O4S/c1-2-3-10-27-21-9-8-19(33(23,31)32)15-20(21)24-22(27)16-25-11-13-26(14-12-25)17-4-6-18(7-5-17)28(29)30/h4-9,15H,2-3,10-14,16H2,1H3,(H2,23,31,32). The maximum Gasteiger partial charge on any atom is 0.269 e. The zero-order chi connectivity index (χ0) is 23.6. The van der Waals surface area contributed by atoms with Crippen molar-refractivity contribution in [1.82, 2.24) is 14.5 Å². The maximum absolute atomic E-state index is 11.8. The number of anilines is 1. The molecule has 0 spiro atoms. The molecule has 2 N–H and O–H groups in total. The Labute approximate surface area is 192 Å². The number of benzene rings is 2. The first-order chi connectivity index (χ1) is 15.8. The minimum absolute atomic E-state index is 0.0680. The summed E-state index contributed by atoms with van der Waals surface area (Å²) in [6.45, 7) is 6.89. The molecule has 0 saturated carbocycles. The SMILES string of the molecule is CCCCn1c(CN2CCN(c3ccc([N+](=O)[O-])cc3)CC2)nc2cc(S(N)(=O)=O)ccc21. The van der Waals surface area contributed by atoms with Crippen LogP contribution >= 0.6 is 0 Å². The van der Waals surface area contributed by atoms with Gasteiger partial charge in [0.1, 0.15) is 5.82 Å². The van der Waals surface area contributed by atoms with E-state index in [2.05, 4.69) is 21.3 Å². The molecule has 0 amide bonds. The average molecular weight is 473 g/mol. The Morgan fingerprint density at radius 1 is 1.09 bits per heavy atom. The molecular formula is C22H28N6O4S. The quantitative estimate of drug-likeness (QED) is 0.394. The van der Waals surface area contributed by atoms with Gasteiger partial charge in [-0.25, -0.2) is 18.5 Å². The van der Waals surface area contributed by atoms with Crippen molar-refractivity contribution in [2.24, 2.45) is 5.14 Å². The number of hydrogen-bond acceptors (Lipinski definition) is 7. The molecule has 1 aliphatic heterocycles. The first-order valence-electron chi connectivity index (χ1n) is 11.0. The second kappa shape index (κ2) is 9.46. The monoisotopic (exact) mass is 472 g/mol.